The highest BCUT2D eigenvalue weighted by atomic mass is 19.1. The van der Waals surface area contributed by atoms with Gasteiger partial charge in [-0.3, -0.25) is 9.78 Å². The molecular formula is C29H31FN8O3. The third kappa shape index (κ3) is 6.09. The number of hydrogen-bond donors (Lipinski definition) is 4. The Morgan fingerprint density at radius 1 is 1.05 bits per heavy atom. The summed E-state index contributed by atoms with van der Waals surface area (Å²) in [7, 11) is 0. The smallest absolute Gasteiger partial charge is 0.235 e. The number of anilines is 2. The van der Waals surface area contributed by atoms with Crippen LogP contribution in [0.4, 0.5) is 16.0 Å². The van der Waals surface area contributed by atoms with Gasteiger partial charge in [-0.1, -0.05) is 0 Å². The Morgan fingerprint density at radius 2 is 1.83 bits per heavy atom. The van der Waals surface area contributed by atoms with Crippen molar-refractivity contribution < 1.29 is 18.7 Å². The number of rotatable bonds is 7. The first-order chi connectivity index (χ1) is 20.0. The van der Waals surface area contributed by atoms with Crippen LogP contribution in [-0.2, 0) is 14.3 Å². The highest BCUT2D eigenvalue weighted by Crippen LogP contribution is 2.36. The standard InChI is InChI=1S/C29H31FN8O3/c1-29(27(39)34-21-3-2-11-32-15-21)16-40-26(41-17-29)25-37-23(18-4-6-19(30)7-5-18)24(38-25)22-10-14-33-28(36-22)35-20-8-12-31-13-9-20/h2-7,10-11,14-15,20,26,31H,8-9,12-13,16-17H2,1H3,(H,34,39)(H,37,38)(H,33,35,36). The topological polar surface area (TPSA) is 139 Å². The lowest BCUT2D eigenvalue weighted by Crippen LogP contribution is -2.45. The normalized spacial score (nSPS) is 21.4. The van der Waals surface area contributed by atoms with Crippen LogP contribution < -0.4 is 16.0 Å². The molecule has 11 nitrogen and oxygen atoms in total. The summed E-state index contributed by atoms with van der Waals surface area (Å²) in [6, 6.07) is 11.7. The van der Waals surface area contributed by atoms with Crippen LogP contribution in [0.3, 0.4) is 0 Å². The number of benzene rings is 1. The fourth-order valence-corrected chi connectivity index (χ4v) is 4.84. The predicted molar refractivity (Wildman–Crippen MR) is 150 cm³/mol. The van der Waals surface area contributed by atoms with Crippen molar-refractivity contribution in [3.05, 3.63) is 72.7 Å². The summed E-state index contributed by atoms with van der Waals surface area (Å²) in [5, 5.41) is 9.64. The third-order valence-electron chi connectivity index (χ3n) is 7.22. The quantitative estimate of drug-likeness (QED) is 0.266. The number of ether oxygens (including phenoxy) is 2. The molecule has 0 unspecified atom stereocenters. The molecule has 6 rings (SSSR count). The SMILES string of the molecule is CC1(C(=O)Nc2cccnc2)COC(c2nc(-c3ccc(F)cc3)c(-c3ccnc(NC4CCNCC4)n3)[nH]2)OC1. The minimum absolute atomic E-state index is 0.115. The molecule has 4 aromatic rings. The fraction of sp³-hybridized carbons (Fsp3) is 0.345. The predicted octanol–water partition coefficient (Wildman–Crippen LogP) is 3.92. The van der Waals surface area contributed by atoms with Gasteiger partial charge in [-0.2, -0.15) is 0 Å². The Hall–Kier alpha value is -4.26. The van der Waals surface area contributed by atoms with Crippen LogP contribution in [-0.4, -0.2) is 63.2 Å². The van der Waals surface area contributed by atoms with E-state index in [1.807, 2.05) is 0 Å². The van der Waals surface area contributed by atoms with E-state index in [-0.39, 0.29) is 31.0 Å². The molecule has 2 fully saturated rings. The Labute approximate surface area is 236 Å². The van der Waals surface area contributed by atoms with E-state index in [9.17, 15) is 9.18 Å². The van der Waals surface area contributed by atoms with Gasteiger partial charge in [0.2, 0.25) is 18.1 Å². The van der Waals surface area contributed by atoms with Crippen molar-refractivity contribution in [1.82, 2.24) is 30.2 Å². The van der Waals surface area contributed by atoms with E-state index in [0.29, 0.717) is 40.1 Å². The van der Waals surface area contributed by atoms with Gasteiger partial charge in [0.25, 0.3) is 0 Å². The van der Waals surface area contributed by atoms with Crippen LogP contribution in [0.1, 0.15) is 31.9 Å². The monoisotopic (exact) mass is 558 g/mol. The molecule has 4 N–H and O–H groups in total. The third-order valence-corrected chi connectivity index (χ3v) is 7.22. The number of aromatic amines is 1. The zero-order valence-corrected chi connectivity index (χ0v) is 22.6. The van der Waals surface area contributed by atoms with E-state index in [2.05, 4.69) is 30.9 Å². The average molecular weight is 559 g/mol. The highest BCUT2D eigenvalue weighted by molar-refractivity contribution is 5.95. The number of carbonyl (C=O) groups excluding carboxylic acids is 1. The summed E-state index contributed by atoms with van der Waals surface area (Å²) in [6.45, 7) is 3.90. The van der Waals surface area contributed by atoms with Gasteiger partial charge in [-0.15, -0.1) is 0 Å². The second kappa shape index (κ2) is 11.7. The first-order valence-electron chi connectivity index (χ1n) is 13.6. The summed E-state index contributed by atoms with van der Waals surface area (Å²) in [4.78, 5) is 34.3. The number of nitrogens with zero attached hydrogens (tertiary/aromatic N) is 4. The Kier molecular flexibility index (Phi) is 7.68. The fourth-order valence-electron chi connectivity index (χ4n) is 4.84. The molecule has 212 valence electrons. The van der Waals surface area contributed by atoms with Crippen molar-refractivity contribution in [2.45, 2.75) is 32.1 Å². The number of amides is 1. The number of nitrogens with one attached hydrogen (secondary N) is 4. The van der Waals surface area contributed by atoms with E-state index in [1.54, 1.807) is 55.8 Å². The van der Waals surface area contributed by atoms with Crippen molar-refractivity contribution in [2.75, 3.05) is 36.9 Å². The lowest BCUT2D eigenvalue weighted by atomic mass is 9.91. The number of pyridine rings is 1. The maximum Gasteiger partial charge on any atom is 0.235 e. The van der Waals surface area contributed by atoms with Crippen molar-refractivity contribution in [3.8, 4) is 22.6 Å². The van der Waals surface area contributed by atoms with Crippen LogP contribution in [0.15, 0.2) is 61.1 Å². The van der Waals surface area contributed by atoms with E-state index in [1.165, 1.54) is 12.1 Å². The lowest BCUT2D eigenvalue weighted by molar-refractivity contribution is -0.229. The van der Waals surface area contributed by atoms with Gasteiger partial charge in [-0.05, 0) is 75.3 Å². The number of carbonyl (C=O) groups is 1. The molecule has 2 saturated heterocycles. The molecule has 12 heteroatoms. The van der Waals surface area contributed by atoms with Crippen molar-refractivity contribution >= 4 is 17.5 Å². The molecule has 1 amide bonds. The first kappa shape index (κ1) is 26.9. The maximum absolute atomic E-state index is 13.7. The molecule has 0 atom stereocenters. The number of halogens is 1. The molecule has 5 heterocycles. The van der Waals surface area contributed by atoms with Crippen molar-refractivity contribution in [1.29, 1.82) is 0 Å². The minimum Gasteiger partial charge on any atom is -0.351 e. The molecule has 3 aromatic heterocycles. The first-order valence-corrected chi connectivity index (χ1v) is 13.6. The second-order valence-electron chi connectivity index (χ2n) is 10.5. The van der Waals surface area contributed by atoms with Gasteiger partial charge in [0, 0.05) is 24.0 Å². The van der Waals surface area contributed by atoms with Gasteiger partial charge in [0.15, 0.2) is 5.82 Å². The van der Waals surface area contributed by atoms with Gasteiger partial charge < -0.3 is 30.4 Å². The molecule has 2 aliphatic heterocycles. The van der Waals surface area contributed by atoms with Gasteiger partial charge in [0.1, 0.15) is 5.82 Å². The molecule has 0 aliphatic carbocycles. The van der Waals surface area contributed by atoms with E-state index < -0.39 is 11.7 Å². The highest BCUT2D eigenvalue weighted by Gasteiger charge is 2.41. The summed E-state index contributed by atoms with van der Waals surface area (Å²) < 4.78 is 25.8. The number of hydrogen-bond acceptors (Lipinski definition) is 9. The van der Waals surface area contributed by atoms with Gasteiger partial charge >= 0.3 is 0 Å². The number of imidazole rings is 1. The molecule has 2 aliphatic rings. The van der Waals surface area contributed by atoms with Crippen LogP contribution in [0.5, 0.6) is 0 Å². The minimum atomic E-state index is -0.913. The Bertz CT molecular complexity index is 1480. The van der Waals surface area contributed by atoms with E-state index >= 15 is 0 Å². The molecule has 41 heavy (non-hydrogen) atoms. The average Bonchev–Trinajstić information content (AvgIpc) is 3.45. The van der Waals surface area contributed by atoms with Crippen molar-refractivity contribution in [3.63, 3.8) is 0 Å². The Morgan fingerprint density at radius 3 is 2.56 bits per heavy atom. The Balaban J connectivity index is 1.24. The molecule has 0 radical (unpaired) electrons. The zero-order valence-electron chi connectivity index (χ0n) is 22.6. The summed E-state index contributed by atoms with van der Waals surface area (Å²) in [5.74, 6) is 0.367. The number of aromatic nitrogens is 5. The van der Waals surface area contributed by atoms with Crippen LogP contribution in [0, 0.1) is 11.2 Å². The van der Waals surface area contributed by atoms with E-state index in [4.69, 9.17) is 19.4 Å². The van der Waals surface area contributed by atoms with Crippen LogP contribution >= 0.6 is 0 Å². The molecule has 0 spiro atoms. The summed E-state index contributed by atoms with van der Waals surface area (Å²) in [5.41, 5.74) is 2.19. The second-order valence-corrected chi connectivity index (χ2v) is 10.5. The summed E-state index contributed by atoms with van der Waals surface area (Å²) >= 11 is 0. The van der Waals surface area contributed by atoms with Gasteiger partial charge in [-0.25, -0.2) is 19.3 Å². The number of H-pyrrole nitrogens is 1. The summed E-state index contributed by atoms with van der Waals surface area (Å²) in [6.07, 6.45) is 6.05. The molecular weight excluding hydrogens is 527 g/mol. The van der Waals surface area contributed by atoms with E-state index in [0.717, 1.165) is 25.9 Å². The number of piperidine rings is 1. The largest absolute Gasteiger partial charge is 0.351 e. The molecule has 0 bridgehead atoms. The van der Waals surface area contributed by atoms with Gasteiger partial charge in [0.05, 0.1) is 47.6 Å². The maximum atomic E-state index is 13.7. The molecule has 0 saturated carbocycles. The molecule has 1 aromatic carbocycles. The van der Waals surface area contributed by atoms with Crippen LogP contribution in [0.25, 0.3) is 22.6 Å². The van der Waals surface area contributed by atoms with Crippen molar-refractivity contribution in [2.24, 2.45) is 5.41 Å². The van der Waals surface area contributed by atoms with Crippen LogP contribution in [0.2, 0.25) is 0 Å². The zero-order chi connectivity index (χ0) is 28.2. The lowest BCUT2D eigenvalue weighted by Gasteiger charge is -2.35.